The van der Waals surface area contributed by atoms with Crippen LogP contribution in [-0.4, -0.2) is 16.1 Å². The van der Waals surface area contributed by atoms with Crippen molar-refractivity contribution in [2.24, 2.45) is 5.92 Å². The minimum Gasteiger partial charge on any atom is -0.326 e. The van der Waals surface area contributed by atoms with E-state index in [9.17, 15) is 14.0 Å². The average molecular weight is 538 g/mol. The van der Waals surface area contributed by atoms with E-state index < -0.39 is 33.8 Å². The number of carbonyl (C=O) groups is 2. The summed E-state index contributed by atoms with van der Waals surface area (Å²) in [7, 11) is 0. The summed E-state index contributed by atoms with van der Waals surface area (Å²) in [6.45, 7) is 3.70. The standard InChI is InChI=1S/C25H17Cl4FN2O2/c1-2-13-3-4-14(11-20(13)27)21-22(25(21,28)29)24(34)32-17-9-10-19(26)18(12-17)23(33)31-16-7-5-15(30)6-8-16/h2-12,21-22H,1H2,(H,31,33)(H,32,34). The summed E-state index contributed by atoms with van der Waals surface area (Å²) in [4.78, 5) is 25.6. The molecule has 3 aromatic rings. The fourth-order valence-corrected chi connectivity index (χ4v) is 5.00. The Morgan fingerprint density at radius 2 is 1.59 bits per heavy atom. The molecule has 0 saturated heterocycles. The number of halogens is 5. The van der Waals surface area contributed by atoms with Crippen molar-refractivity contribution in [2.45, 2.75) is 10.3 Å². The smallest absolute Gasteiger partial charge is 0.257 e. The lowest BCUT2D eigenvalue weighted by Crippen LogP contribution is -2.18. The van der Waals surface area contributed by atoms with Crippen LogP contribution in [0.15, 0.2) is 67.2 Å². The lowest BCUT2D eigenvalue weighted by atomic mass is 10.1. The van der Waals surface area contributed by atoms with Crippen LogP contribution in [0.25, 0.3) is 6.08 Å². The van der Waals surface area contributed by atoms with E-state index in [1.807, 2.05) is 0 Å². The van der Waals surface area contributed by atoms with E-state index in [0.29, 0.717) is 16.4 Å². The van der Waals surface area contributed by atoms with Crippen LogP contribution in [-0.2, 0) is 4.79 Å². The van der Waals surface area contributed by atoms with Crippen LogP contribution < -0.4 is 10.6 Å². The molecule has 0 spiro atoms. The Morgan fingerprint density at radius 3 is 2.24 bits per heavy atom. The molecule has 0 heterocycles. The molecule has 1 fully saturated rings. The van der Waals surface area contributed by atoms with Crippen LogP contribution in [0.2, 0.25) is 10.0 Å². The third-order valence-corrected chi connectivity index (χ3v) is 7.12. The van der Waals surface area contributed by atoms with E-state index in [4.69, 9.17) is 46.4 Å². The van der Waals surface area contributed by atoms with Gasteiger partial charge in [0.05, 0.1) is 16.5 Å². The Kier molecular flexibility index (Phi) is 6.92. The Morgan fingerprint density at radius 1 is 0.912 bits per heavy atom. The lowest BCUT2D eigenvalue weighted by molar-refractivity contribution is -0.117. The minimum absolute atomic E-state index is 0.131. The van der Waals surface area contributed by atoms with E-state index in [2.05, 4.69) is 17.2 Å². The van der Waals surface area contributed by atoms with Gasteiger partial charge in [0.2, 0.25) is 5.91 Å². The molecule has 3 aromatic carbocycles. The van der Waals surface area contributed by atoms with Crippen LogP contribution in [0.3, 0.4) is 0 Å². The highest BCUT2D eigenvalue weighted by atomic mass is 35.5. The van der Waals surface area contributed by atoms with Gasteiger partial charge in [0.1, 0.15) is 10.2 Å². The Bertz CT molecular complexity index is 1290. The summed E-state index contributed by atoms with van der Waals surface area (Å²) in [5.74, 6) is -2.54. The number of anilines is 2. The molecule has 0 aliphatic heterocycles. The van der Waals surface area contributed by atoms with Gasteiger partial charge in [-0.1, -0.05) is 48.0 Å². The highest BCUT2D eigenvalue weighted by Gasteiger charge is 2.67. The maximum atomic E-state index is 13.1. The topological polar surface area (TPSA) is 58.2 Å². The van der Waals surface area contributed by atoms with E-state index in [1.165, 1.54) is 36.4 Å². The monoisotopic (exact) mass is 536 g/mol. The summed E-state index contributed by atoms with van der Waals surface area (Å²) in [5, 5.41) is 6.05. The summed E-state index contributed by atoms with van der Waals surface area (Å²) < 4.78 is 11.8. The van der Waals surface area contributed by atoms with Gasteiger partial charge in [-0.15, -0.1) is 23.2 Å². The van der Waals surface area contributed by atoms with Crippen LogP contribution in [0.1, 0.15) is 27.4 Å². The molecule has 1 saturated carbocycles. The van der Waals surface area contributed by atoms with Crippen molar-refractivity contribution in [1.29, 1.82) is 0 Å². The van der Waals surface area contributed by atoms with Gasteiger partial charge in [0.15, 0.2) is 0 Å². The number of rotatable bonds is 6. The quantitative estimate of drug-likeness (QED) is 0.319. The molecule has 2 N–H and O–H groups in total. The molecule has 174 valence electrons. The van der Waals surface area contributed by atoms with Gasteiger partial charge in [-0.05, 0) is 59.7 Å². The van der Waals surface area contributed by atoms with Crippen molar-refractivity contribution in [3.63, 3.8) is 0 Å². The second kappa shape index (κ2) is 9.59. The Hall–Kier alpha value is -2.57. The van der Waals surface area contributed by atoms with E-state index in [0.717, 1.165) is 11.1 Å². The van der Waals surface area contributed by atoms with Gasteiger partial charge in [-0.2, -0.15) is 0 Å². The van der Waals surface area contributed by atoms with Crippen LogP contribution in [0.5, 0.6) is 0 Å². The largest absolute Gasteiger partial charge is 0.326 e. The number of carbonyl (C=O) groups excluding carboxylic acids is 2. The molecule has 1 aliphatic carbocycles. The van der Waals surface area contributed by atoms with Gasteiger partial charge in [0, 0.05) is 22.3 Å². The fraction of sp³-hybridized carbons (Fsp3) is 0.120. The van der Waals surface area contributed by atoms with Gasteiger partial charge >= 0.3 is 0 Å². The average Bonchev–Trinajstić information content (AvgIpc) is 3.38. The molecule has 2 unspecified atom stereocenters. The van der Waals surface area contributed by atoms with E-state index in [1.54, 1.807) is 30.3 Å². The summed E-state index contributed by atoms with van der Waals surface area (Å²) in [6, 6.07) is 15.1. The molecule has 2 atom stereocenters. The number of hydrogen-bond donors (Lipinski definition) is 2. The molecule has 4 nitrogen and oxygen atoms in total. The fourth-order valence-electron chi connectivity index (χ4n) is 3.70. The molecule has 0 bridgehead atoms. The maximum Gasteiger partial charge on any atom is 0.257 e. The Balaban J connectivity index is 1.50. The highest BCUT2D eigenvalue weighted by molar-refractivity contribution is 6.53. The number of amides is 2. The van der Waals surface area contributed by atoms with Crippen LogP contribution >= 0.6 is 46.4 Å². The molecule has 0 radical (unpaired) electrons. The molecule has 0 aromatic heterocycles. The number of hydrogen-bond acceptors (Lipinski definition) is 2. The maximum absolute atomic E-state index is 13.1. The summed E-state index contributed by atoms with van der Waals surface area (Å²) >= 11 is 25.3. The van der Waals surface area contributed by atoms with E-state index >= 15 is 0 Å². The first kappa shape index (κ1) is 24.6. The predicted octanol–water partition coefficient (Wildman–Crippen LogP) is 7.55. The second-order valence-corrected chi connectivity index (χ2v) is 10.0. The minimum atomic E-state index is -1.31. The van der Waals surface area contributed by atoms with Crippen LogP contribution in [0, 0.1) is 11.7 Å². The van der Waals surface area contributed by atoms with Gasteiger partial charge in [0.25, 0.3) is 5.91 Å². The lowest BCUT2D eigenvalue weighted by Gasteiger charge is -2.10. The zero-order valence-corrected chi connectivity index (χ0v) is 20.4. The number of nitrogens with one attached hydrogen (secondary N) is 2. The Labute approximate surface area is 215 Å². The first-order valence-electron chi connectivity index (χ1n) is 10.1. The van der Waals surface area contributed by atoms with Gasteiger partial charge < -0.3 is 10.6 Å². The normalized spacial score (nSPS) is 18.1. The summed E-state index contributed by atoms with van der Waals surface area (Å²) in [5.41, 5.74) is 2.36. The van der Waals surface area contributed by atoms with Gasteiger partial charge in [-0.25, -0.2) is 4.39 Å². The SMILES string of the molecule is C=Cc1ccc(C2C(C(=O)Nc3ccc(Cl)c(C(=O)Nc4ccc(F)cc4)c3)C2(Cl)Cl)cc1Cl. The summed E-state index contributed by atoms with van der Waals surface area (Å²) in [6.07, 6.45) is 1.63. The van der Waals surface area contributed by atoms with Crippen molar-refractivity contribution >= 4 is 75.7 Å². The highest BCUT2D eigenvalue weighted by Crippen LogP contribution is 2.65. The molecular weight excluding hydrogens is 521 g/mol. The second-order valence-electron chi connectivity index (χ2n) is 7.76. The molecule has 2 amide bonds. The number of alkyl halides is 2. The molecule has 1 aliphatic rings. The molecular formula is C25H17Cl4FN2O2. The van der Waals surface area contributed by atoms with Crippen molar-refractivity contribution in [1.82, 2.24) is 0 Å². The van der Waals surface area contributed by atoms with Crippen molar-refractivity contribution in [2.75, 3.05) is 10.6 Å². The number of benzene rings is 3. The van der Waals surface area contributed by atoms with Gasteiger partial charge in [-0.3, -0.25) is 9.59 Å². The van der Waals surface area contributed by atoms with E-state index in [-0.39, 0.29) is 10.6 Å². The molecule has 9 heteroatoms. The van der Waals surface area contributed by atoms with Crippen molar-refractivity contribution in [3.8, 4) is 0 Å². The predicted molar refractivity (Wildman–Crippen MR) is 137 cm³/mol. The zero-order valence-electron chi connectivity index (χ0n) is 17.4. The third-order valence-electron chi connectivity index (χ3n) is 5.52. The molecule has 4 rings (SSSR count). The van der Waals surface area contributed by atoms with Crippen molar-refractivity contribution < 1.29 is 14.0 Å². The third kappa shape index (κ3) is 4.93. The molecule has 34 heavy (non-hydrogen) atoms. The first-order valence-corrected chi connectivity index (χ1v) is 11.6. The van der Waals surface area contributed by atoms with Crippen molar-refractivity contribution in [3.05, 3.63) is 99.8 Å². The van der Waals surface area contributed by atoms with Crippen LogP contribution in [0.4, 0.5) is 15.8 Å². The zero-order chi connectivity index (χ0) is 24.6. The first-order chi connectivity index (χ1) is 16.1.